The Hall–Kier alpha value is -1.55. The molecule has 0 radical (unpaired) electrons. The van der Waals surface area contributed by atoms with Gasteiger partial charge in [-0.3, -0.25) is 4.79 Å². The van der Waals surface area contributed by atoms with E-state index in [2.05, 4.69) is 10.6 Å². The van der Waals surface area contributed by atoms with E-state index in [0.717, 1.165) is 5.69 Å². The molecule has 1 rings (SSSR count). The predicted octanol–water partition coefficient (Wildman–Crippen LogP) is 0.427. The topological polar surface area (TPSA) is 67.2 Å². The van der Waals surface area contributed by atoms with Crippen molar-refractivity contribution in [3.63, 3.8) is 0 Å². The maximum atomic E-state index is 11.1. The molecule has 1 aromatic carbocycles. The minimum absolute atomic E-state index is 0.0758. The number of benzene rings is 1. The molecule has 4 nitrogen and oxygen atoms in total. The highest BCUT2D eigenvalue weighted by molar-refractivity contribution is 5.92. The molecular weight excluding hydrogens is 166 g/mol. The van der Waals surface area contributed by atoms with Gasteiger partial charge in [-0.15, -0.1) is 0 Å². The first-order valence-electron chi connectivity index (χ1n) is 4.02. The summed E-state index contributed by atoms with van der Waals surface area (Å²) in [5, 5.41) is 5.46. The highest BCUT2D eigenvalue weighted by atomic mass is 16.1. The molecular formula is C9H13N3O. The second-order valence-electron chi connectivity index (χ2n) is 2.70. The van der Waals surface area contributed by atoms with Crippen molar-refractivity contribution in [2.24, 2.45) is 0 Å². The van der Waals surface area contributed by atoms with Crippen LogP contribution in [-0.2, 0) is 4.79 Å². The summed E-state index contributed by atoms with van der Waals surface area (Å²) in [6.45, 7) is 0.300. The molecule has 70 valence electrons. The normalized spacial score (nSPS) is 9.62. The zero-order valence-electron chi connectivity index (χ0n) is 7.50. The number of likely N-dealkylation sites (N-methyl/N-ethyl adjacent to an activating group) is 1. The number of rotatable bonds is 3. The van der Waals surface area contributed by atoms with E-state index in [1.165, 1.54) is 0 Å². The second-order valence-corrected chi connectivity index (χ2v) is 2.70. The number of nitrogen functional groups attached to an aromatic ring is 1. The van der Waals surface area contributed by atoms with Crippen LogP contribution in [0, 0.1) is 0 Å². The van der Waals surface area contributed by atoms with Gasteiger partial charge in [0.2, 0.25) is 5.91 Å². The van der Waals surface area contributed by atoms with Crippen LogP contribution in [0.1, 0.15) is 0 Å². The summed E-state index contributed by atoms with van der Waals surface area (Å²) in [6.07, 6.45) is 0. The molecule has 13 heavy (non-hydrogen) atoms. The van der Waals surface area contributed by atoms with Crippen molar-refractivity contribution in [2.45, 2.75) is 0 Å². The zero-order valence-corrected chi connectivity index (χ0v) is 7.50. The standard InChI is InChI=1S/C9H13N3O/c1-11-6-9(13)12-8-4-2-3-7(10)5-8/h2-5,11H,6,10H2,1H3,(H,12,13). The Morgan fingerprint density at radius 3 is 2.92 bits per heavy atom. The van der Waals surface area contributed by atoms with Crippen molar-refractivity contribution >= 4 is 17.3 Å². The third-order valence-corrected chi connectivity index (χ3v) is 1.51. The van der Waals surface area contributed by atoms with Crippen LogP contribution in [-0.4, -0.2) is 19.5 Å². The summed E-state index contributed by atoms with van der Waals surface area (Å²) in [4.78, 5) is 11.1. The number of hydrogen-bond donors (Lipinski definition) is 3. The van der Waals surface area contributed by atoms with Gasteiger partial charge in [0.05, 0.1) is 6.54 Å². The summed E-state index contributed by atoms with van der Waals surface area (Å²) in [6, 6.07) is 7.08. The summed E-state index contributed by atoms with van der Waals surface area (Å²) < 4.78 is 0. The van der Waals surface area contributed by atoms with Crippen LogP contribution in [0.3, 0.4) is 0 Å². The number of nitrogens with two attached hydrogens (primary N) is 1. The minimum atomic E-state index is -0.0758. The van der Waals surface area contributed by atoms with E-state index in [1.54, 1.807) is 31.3 Å². The van der Waals surface area contributed by atoms with Crippen LogP contribution in [0.15, 0.2) is 24.3 Å². The van der Waals surface area contributed by atoms with E-state index in [1.807, 2.05) is 0 Å². The van der Waals surface area contributed by atoms with Crippen molar-refractivity contribution < 1.29 is 4.79 Å². The van der Waals surface area contributed by atoms with Gasteiger partial charge in [-0.2, -0.15) is 0 Å². The fourth-order valence-corrected chi connectivity index (χ4v) is 0.982. The zero-order chi connectivity index (χ0) is 9.68. The Morgan fingerprint density at radius 2 is 2.31 bits per heavy atom. The molecule has 0 aliphatic carbocycles. The molecule has 0 unspecified atom stereocenters. The van der Waals surface area contributed by atoms with Crippen molar-refractivity contribution in [2.75, 3.05) is 24.6 Å². The minimum Gasteiger partial charge on any atom is -0.399 e. The van der Waals surface area contributed by atoms with E-state index >= 15 is 0 Å². The summed E-state index contributed by atoms with van der Waals surface area (Å²) >= 11 is 0. The van der Waals surface area contributed by atoms with E-state index in [-0.39, 0.29) is 5.91 Å². The Balaban J connectivity index is 2.58. The van der Waals surface area contributed by atoms with Gasteiger partial charge < -0.3 is 16.4 Å². The lowest BCUT2D eigenvalue weighted by Gasteiger charge is -2.04. The molecule has 0 aliphatic rings. The number of nitrogens with one attached hydrogen (secondary N) is 2. The van der Waals surface area contributed by atoms with Gasteiger partial charge in [0.1, 0.15) is 0 Å². The van der Waals surface area contributed by atoms with Crippen LogP contribution in [0.25, 0.3) is 0 Å². The largest absolute Gasteiger partial charge is 0.399 e. The molecule has 1 amide bonds. The number of amides is 1. The van der Waals surface area contributed by atoms with Crippen LogP contribution in [0.4, 0.5) is 11.4 Å². The monoisotopic (exact) mass is 179 g/mol. The second kappa shape index (κ2) is 4.47. The molecule has 0 bridgehead atoms. The van der Waals surface area contributed by atoms with E-state index in [9.17, 15) is 4.79 Å². The van der Waals surface area contributed by atoms with Crippen LogP contribution >= 0.6 is 0 Å². The maximum absolute atomic E-state index is 11.1. The number of hydrogen-bond acceptors (Lipinski definition) is 3. The average Bonchev–Trinajstić information content (AvgIpc) is 2.04. The molecule has 0 spiro atoms. The summed E-state index contributed by atoms with van der Waals surface area (Å²) in [5.41, 5.74) is 6.90. The summed E-state index contributed by atoms with van der Waals surface area (Å²) in [7, 11) is 1.72. The van der Waals surface area contributed by atoms with Crippen molar-refractivity contribution in [3.8, 4) is 0 Å². The quantitative estimate of drug-likeness (QED) is 0.589. The molecule has 0 fully saturated rings. The Labute approximate surface area is 77.1 Å². The number of anilines is 2. The highest BCUT2D eigenvalue weighted by Gasteiger charge is 1.99. The van der Waals surface area contributed by atoms with E-state index in [0.29, 0.717) is 12.2 Å². The average molecular weight is 179 g/mol. The molecule has 4 heteroatoms. The Bertz CT molecular complexity index is 299. The molecule has 0 saturated heterocycles. The smallest absolute Gasteiger partial charge is 0.238 e. The van der Waals surface area contributed by atoms with Crippen molar-refractivity contribution in [1.29, 1.82) is 0 Å². The molecule has 0 atom stereocenters. The van der Waals surface area contributed by atoms with Gasteiger partial charge in [-0.05, 0) is 25.2 Å². The number of carbonyl (C=O) groups excluding carboxylic acids is 1. The molecule has 1 aromatic rings. The molecule has 0 saturated carbocycles. The Kier molecular flexibility index (Phi) is 3.28. The van der Waals surface area contributed by atoms with Gasteiger partial charge in [-0.25, -0.2) is 0 Å². The fourth-order valence-electron chi connectivity index (χ4n) is 0.982. The lowest BCUT2D eigenvalue weighted by molar-refractivity contribution is -0.115. The maximum Gasteiger partial charge on any atom is 0.238 e. The molecule has 0 aliphatic heterocycles. The van der Waals surface area contributed by atoms with Gasteiger partial charge in [0, 0.05) is 11.4 Å². The first-order chi connectivity index (χ1) is 6.22. The van der Waals surface area contributed by atoms with Crippen LogP contribution in [0.5, 0.6) is 0 Å². The third kappa shape index (κ3) is 3.13. The lowest BCUT2D eigenvalue weighted by atomic mass is 10.3. The van der Waals surface area contributed by atoms with E-state index in [4.69, 9.17) is 5.73 Å². The van der Waals surface area contributed by atoms with Crippen molar-refractivity contribution in [3.05, 3.63) is 24.3 Å². The van der Waals surface area contributed by atoms with E-state index < -0.39 is 0 Å². The van der Waals surface area contributed by atoms with Gasteiger partial charge in [-0.1, -0.05) is 6.07 Å². The van der Waals surface area contributed by atoms with Gasteiger partial charge >= 0.3 is 0 Å². The van der Waals surface area contributed by atoms with Crippen LogP contribution < -0.4 is 16.4 Å². The van der Waals surface area contributed by atoms with Gasteiger partial charge in [0.25, 0.3) is 0 Å². The molecule has 0 aromatic heterocycles. The summed E-state index contributed by atoms with van der Waals surface area (Å²) in [5.74, 6) is -0.0758. The SMILES string of the molecule is CNCC(=O)Nc1cccc(N)c1. The van der Waals surface area contributed by atoms with Crippen molar-refractivity contribution in [1.82, 2.24) is 5.32 Å². The van der Waals surface area contributed by atoms with Gasteiger partial charge in [0.15, 0.2) is 0 Å². The van der Waals surface area contributed by atoms with Crippen LogP contribution in [0.2, 0.25) is 0 Å². The lowest BCUT2D eigenvalue weighted by Crippen LogP contribution is -2.25. The number of carbonyl (C=O) groups is 1. The third-order valence-electron chi connectivity index (χ3n) is 1.51. The molecule has 4 N–H and O–H groups in total. The predicted molar refractivity (Wildman–Crippen MR) is 53.4 cm³/mol. The molecule has 0 heterocycles. The Morgan fingerprint density at radius 1 is 1.54 bits per heavy atom. The first kappa shape index (κ1) is 9.54. The fraction of sp³-hybridized carbons (Fsp3) is 0.222. The first-order valence-corrected chi connectivity index (χ1v) is 4.02. The highest BCUT2D eigenvalue weighted by Crippen LogP contribution is 2.10.